The van der Waals surface area contributed by atoms with Gasteiger partial charge in [0, 0.05) is 20.3 Å². The van der Waals surface area contributed by atoms with Gasteiger partial charge in [-0.1, -0.05) is 0 Å². The molecule has 1 aliphatic heterocycles. The molecule has 0 radical (unpaired) electrons. The first-order chi connectivity index (χ1) is 8.85. The van der Waals surface area contributed by atoms with Crippen molar-refractivity contribution in [3.63, 3.8) is 0 Å². The van der Waals surface area contributed by atoms with E-state index in [1.54, 1.807) is 7.11 Å². The number of hydrogen-bond donors (Lipinski definition) is 0. The van der Waals surface area contributed by atoms with Crippen LogP contribution < -0.4 is 0 Å². The van der Waals surface area contributed by atoms with Gasteiger partial charge in [0.2, 0.25) is 0 Å². The van der Waals surface area contributed by atoms with Crippen LogP contribution in [0.5, 0.6) is 0 Å². The van der Waals surface area contributed by atoms with Crippen molar-refractivity contribution in [3.05, 3.63) is 0 Å². The van der Waals surface area contributed by atoms with Crippen LogP contribution in [0.2, 0.25) is 32.2 Å². The highest BCUT2D eigenvalue weighted by Crippen LogP contribution is 2.20. The van der Waals surface area contributed by atoms with E-state index in [1.807, 2.05) is 0 Å². The summed E-state index contributed by atoms with van der Waals surface area (Å²) in [5, 5.41) is 0. The third-order valence-corrected chi connectivity index (χ3v) is 9.39. The highest BCUT2D eigenvalue weighted by Gasteiger charge is 2.34. The monoisotopic (exact) mass is 306 g/mol. The molecule has 0 bridgehead atoms. The summed E-state index contributed by atoms with van der Waals surface area (Å²) < 4.78 is 22.7. The molecular formula is C13H30O4Si2. The van der Waals surface area contributed by atoms with Gasteiger partial charge in [-0.05, 0) is 51.5 Å². The lowest BCUT2D eigenvalue weighted by molar-refractivity contribution is 0.127. The third-order valence-electron chi connectivity index (χ3n) is 3.09. The Hall–Kier alpha value is 0.274. The van der Waals surface area contributed by atoms with E-state index in [0.717, 1.165) is 45.1 Å². The first kappa shape index (κ1) is 17.3. The minimum Gasteiger partial charge on any atom is -0.436 e. The van der Waals surface area contributed by atoms with E-state index in [4.69, 9.17) is 18.0 Å². The lowest BCUT2D eigenvalue weighted by atomic mass is 10.3. The summed E-state index contributed by atoms with van der Waals surface area (Å²) in [6.07, 6.45) is 3.80. The molecule has 6 heteroatoms. The molecule has 114 valence electrons. The van der Waals surface area contributed by atoms with E-state index in [1.165, 1.54) is 0 Å². The maximum absolute atomic E-state index is 6.23. The Morgan fingerprint density at radius 2 is 1.74 bits per heavy atom. The van der Waals surface area contributed by atoms with Gasteiger partial charge in [0.05, 0.1) is 12.7 Å². The van der Waals surface area contributed by atoms with Crippen molar-refractivity contribution in [1.82, 2.24) is 0 Å². The molecule has 1 heterocycles. The fourth-order valence-corrected chi connectivity index (χ4v) is 9.00. The molecule has 0 aromatic rings. The second-order valence-electron chi connectivity index (χ2n) is 6.37. The van der Waals surface area contributed by atoms with E-state index >= 15 is 0 Å². The Labute approximate surface area is 120 Å². The second-order valence-corrected chi connectivity index (χ2v) is 14.6. The molecule has 0 aromatic carbocycles. The van der Waals surface area contributed by atoms with Crippen molar-refractivity contribution in [3.8, 4) is 0 Å². The van der Waals surface area contributed by atoms with Gasteiger partial charge in [0.1, 0.15) is 0 Å². The molecule has 1 aliphatic rings. The van der Waals surface area contributed by atoms with Gasteiger partial charge >= 0.3 is 8.56 Å². The smallest absolute Gasteiger partial charge is 0.324 e. The zero-order valence-electron chi connectivity index (χ0n) is 13.2. The zero-order chi connectivity index (χ0) is 14.4. The van der Waals surface area contributed by atoms with Crippen LogP contribution in [0.1, 0.15) is 19.3 Å². The lowest BCUT2D eigenvalue weighted by Gasteiger charge is -2.32. The third kappa shape index (κ3) is 8.93. The molecule has 1 saturated heterocycles. The van der Waals surface area contributed by atoms with Crippen LogP contribution in [0.15, 0.2) is 0 Å². The lowest BCUT2D eigenvalue weighted by Crippen LogP contribution is -2.46. The predicted molar refractivity (Wildman–Crippen MR) is 82.3 cm³/mol. The summed E-state index contributed by atoms with van der Waals surface area (Å²) in [6, 6.07) is 1.01. The molecule has 0 aliphatic carbocycles. The number of epoxide rings is 1. The van der Waals surface area contributed by atoms with Crippen LogP contribution in [0, 0.1) is 0 Å². The minimum atomic E-state index is -1.97. The van der Waals surface area contributed by atoms with Crippen molar-refractivity contribution in [2.24, 2.45) is 0 Å². The summed E-state index contributed by atoms with van der Waals surface area (Å²) in [7, 11) is -1.71. The molecule has 0 saturated carbocycles. The van der Waals surface area contributed by atoms with Gasteiger partial charge in [-0.3, -0.25) is 0 Å². The van der Waals surface area contributed by atoms with Crippen LogP contribution >= 0.6 is 0 Å². The van der Waals surface area contributed by atoms with Gasteiger partial charge in [-0.2, -0.15) is 0 Å². The molecular weight excluding hydrogens is 276 g/mol. The topological polar surface area (TPSA) is 40.2 Å². The minimum absolute atomic E-state index is 0.526. The largest absolute Gasteiger partial charge is 0.436 e. The van der Waals surface area contributed by atoms with E-state index < -0.39 is 16.9 Å². The van der Waals surface area contributed by atoms with Crippen LogP contribution in [-0.4, -0.2) is 49.9 Å². The molecule has 2 atom stereocenters. The van der Waals surface area contributed by atoms with Gasteiger partial charge < -0.3 is 18.0 Å². The van der Waals surface area contributed by atoms with E-state index in [2.05, 4.69) is 26.2 Å². The van der Waals surface area contributed by atoms with Gasteiger partial charge in [0.15, 0.2) is 8.32 Å². The quantitative estimate of drug-likeness (QED) is 0.334. The maximum atomic E-state index is 6.23. The van der Waals surface area contributed by atoms with Crippen molar-refractivity contribution >= 4 is 16.9 Å². The standard InChI is InChI=1S/C13H30O4Si2/c1-14-19(5,17-18(2,3)4)11-7-10-15-9-6-8-13-12-16-13/h13H,6-12H2,1-5H3. The normalized spacial score (nSPS) is 22.3. The van der Waals surface area contributed by atoms with Crippen molar-refractivity contribution in [2.45, 2.75) is 57.6 Å². The summed E-state index contributed by atoms with van der Waals surface area (Å²) in [5.41, 5.74) is 0. The summed E-state index contributed by atoms with van der Waals surface area (Å²) >= 11 is 0. The Morgan fingerprint density at radius 1 is 1.11 bits per heavy atom. The Balaban J connectivity index is 2.04. The first-order valence-corrected chi connectivity index (χ1v) is 13.2. The first-order valence-electron chi connectivity index (χ1n) is 7.29. The molecule has 1 fully saturated rings. The molecule has 2 unspecified atom stereocenters. The second kappa shape index (κ2) is 7.90. The predicted octanol–water partition coefficient (Wildman–Crippen LogP) is 3.14. The summed E-state index contributed by atoms with van der Waals surface area (Å²) in [5.74, 6) is 0. The molecule has 1 rings (SSSR count). The molecule has 0 N–H and O–H groups in total. The fourth-order valence-electron chi connectivity index (χ4n) is 2.09. The highest BCUT2D eigenvalue weighted by molar-refractivity contribution is 6.81. The van der Waals surface area contributed by atoms with Crippen LogP contribution in [0.25, 0.3) is 0 Å². The van der Waals surface area contributed by atoms with Gasteiger partial charge in [0.25, 0.3) is 0 Å². The zero-order valence-corrected chi connectivity index (χ0v) is 15.2. The Bertz CT molecular complexity index is 254. The van der Waals surface area contributed by atoms with Crippen LogP contribution in [0.4, 0.5) is 0 Å². The number of hydrogen-bond acceptors (Lipinski definition) is 4. The SMILES string of the molecule is CO[Si](C)(CCCOCCCC1CO1)O[Si](C)(C)C. The maximum Gasteiger partial charge on any atom is 0.324 e. The number of rotatable bonds is 11. The molecule has 0 amide bonds. The van der Waals surface area contributed by atoms with Crippen LogP contribution in [0.3, 0.4) is 0 Å². The average molecular weight is 307 g/mol. The van der Waals surface area contributed by atoms with Crippen molar-refractivity contribution in [2.75, 3.05) is 26.9 Å². The van der Waals surface area contributed by atoms with Crippen molar-refractivity contribution in [1.29, 1.82) is 0 Å². The van der Waals surface area contributed by atoms with Gasteiger partial charge in [-0.25, -0.2) is 0 Å². The average Bonchev–Trinajstić information content (AvgIpc) is 3.09. The fraction of sp³-hybridized carbons (Fsp3) is 1.00. The molecule has 0 spiro atoms. The number of ether oxygens (including phenoxy) is 2. The summed E-state index contributed by atoms with van der Waals surface area (Å²) in [6.45, 7) is 11.4. The van der Waals surface area contributed by atoms with Crippen LogP contribution in [-0.2, 0) is 18.0 Å². The summed E-state index contributed by atoms with van der Waals surface area (Å²) in [4.78, 5) is 0. The molecule has 0 aromatic heterocycles. The van der Waals surface area contributed by atoms with E-state index in [0.29, 0.717) is 6.10 Å². The molecule has 19 heavy (non-hydrogen) atoms. The van der Waals surface area contributed by atoms with E-state index in [9.17, 15) is 0 Å². The molecule has 4 nitrogen and oxygen atoms in total. The highest BCUT2D eigenvalue weighted by atomic mass is 28.4. The van der Waals surface area contributed by atoms with Gasteiger partial charge in [-0.15, -0.1) is 0 Å². The van der Waals surface area contributed by atoms with Crippen molar-refractivity contribution < 1.29 is 18.0 Å². The Morgan fingerprint density at radius 3 is 2.26 bits per heavy atom. The van der Waals surface area contributed by atoms with E-state index in [-0.39, 0.29) is 0 Å². The Kier molecular flexibility index (Phi) is 7.20.